The Balaban J connectivity index is 1.70. The fraction of sp³-hybridized carbons (Fsp3) is 0.350. The maximum atomic E-state index is 13.3. The second-order valence-corrected chi connectivity index (χ2v) is 7.16. The molecule has 3 N–H and O–H groups in total. The van der Waals surface area contributed by atoms with Crippen LogP contribution in [0, 0.1) is 11.7 Å². The van der Waals surface area contributed by atoms with Gasteiger partial charge in [0, 0.05) is 24.2 Å². The number of hydrogen-bond donors (Lipinski definition) is 3. The van der Waals surface area contributed by atoms with Gasteiger partial charge in [0.2, 0.25) is 0 Å². The molecule has 0 saturated carbocycles. The van der Waals surface area contributed by atoms with Gasteiger partial charge in [0.15, 0.2) is 0 Å². The first-order chi connectivity index (χ1) is 12.6. The summed E-state index contributed by atoms with van der Waals surface area (Å²) in [6, 6.07) is 14.2. The van der Waals surface area contributed by atoms with Crippen LogP contribution in [0.4, 0.5) is 10.1 Å². The standard InChI is InChI=1S/C20H23FN4O/c1-12(2)25-19(23-17-6-4-3-5-15(17)20(25)26)16-11-22-24-18(16)13-7-9-14(21)10-8-13/h3-10,12,16,18-19,22-24H,11H2,1-2H3. The van der Waals surface area contributed by atoms with Crippen LogP contribution >= 0.6 is 0 Å². The molecule has 0 radical (unpaired) electrons. The van der Waals surface area contributed by atoms with Crippen molar-refractivity contribution in [3.63, 3.8) is 0 Å². The Morgan fingerprint density at radius 1 is 1.12 bits per heavy atom. The molecule has 1 fully saturated rings. The fourth-order valence-electron chi connectivity index (χ4n) is 3.96. The van der Waals surface area contributed by atoms with Crippen LogP contribution in [-0.4, -0.2) is 29.6 Å². The molecule has 3 unspecified atom stereocenters. The van der Waals surface area contributed by atoms with Crippen molar-refractivity contribution in [2.75, 3.05) is 11.9 Å². The summed E-state index contributed by atoms with van der Waals surface area (Å²) in [5.74, 6) is -0.107. The third-order valence-corrected chi connectivity index (χ3v) is 5.21. The topological polar surface area (TPSA) is 56.4 Å². The van der Waals surface area contributed by atoms with E-state index >= 15 is 0 Å². The van der Waals surface area contributed by atoms with Crippen LogP contribution in [-0.2, 0) is 0 Å². The minimum atomic E-state index is -0.250. The lowest BCUT2D eigenvalue weighted by Crippen LogP contribution is -2.56. The number of anilines is 1. The summed E-state index contributed by atoms with van der Waals surface area (Å²) in [5, 5.41) is 3.56. The SMILES string of the molecule is CC(C)N1C(=O)c2ccccc2NC1C1CNNC1c1ccc(F)cc1. The van der Waals surface area contributed by atoms with E-state index in [-0.39, 0.29) is 35.9 Å². The number of halogens is 1. The summed E-state index contributed by atoms with van der Waals surface area (Å²) >= 11 is 0. The highest BCUT2D eigenvalue weighted by molar-refractivity contribution is 6.01. The molecular formula is C20H23FN4O. The largest absolute Gasteiger partial charge is 0.364 e. The molecule has 26 heavy (non-hydrogen) atoms. The molecule has 0 aromatic heterocycles. The summed E-state index contributed by atoms with van der Waals surface area (Å²) in [5.41, 5.74) is 9.06. The smallest absolute Gasteiger partial charge is 0.257 e. The third-order valence-electron chi connectivity index (χ3n) is 5.21. The van der Waals surface area contributed by atoms with Crippen LogP contribution in [0.25, 0.3) is 0 Å². The Kier molecular flexibility index (Phi) is 4.38. The molecule has 1 saturated heterocycles. The molecule has 2 aromatic carbocycles. The second-order valence-electron chi connectivity index (χ2n) is 7.16. The quantitative estimate of drug-likeness (QED) is 0.793. The van der Waals surface area contributed by atoms with Gasteiger partial charge in [0.05, 0.1) is 11.6 Å². The van der Waals surface area contributed by atoms with E-state index in [0.29, 0.717) is 12.1 Å². The summed E-state index contributed by atoms with van der Waals surface area (Å²) in [6.45, 7) is 4.77. The maximum Gasteiger partial charge on any atom is 0.257 e. The second kappa shape index (κ2) is 6.70. The van der Waals surface area contributed by atoms with Crippen LogP contribution in [0.5, 0.6) is 0 Å². The number of benzene rings is 2. The molecule has 136 valence electrons. The van der Waals surface area contributed by atoms with Gasteiger partial charge < -0.3 is 10.2 Å². The van der Waals surface area contributed by atoms with Gasteiger partial charge in [-0.15, -0.1) is 0 Å². The van der Waals surface area contributed by atoms with E-state index in [1.165, 1.54) is 12.1 Å². The number of carbonyl (C=O) groups is 1. The number of para-hydroxylation sites is 1. The predicted octanol–water partition coefficient (Wildman–Crippen LogP) is 2.89. The number of rotatable bonds is 3. The fourth-order valence-corrected chi connectivity index (χ4v) is 3.96. The molecular weight excluding hydrogens is 331 g/mol. The Labute approximate surface area is 152 Å². The third kappa shape index (κ3) is 2.85. The van der Waals surface area contributed by atoms with Gasteiger partial charge in [-0.1, -0.05) is 24.3 Å². The van der Waals surface area contributed by atoms with E-state index in [0.717, 1.165) is 11.3 Å². The van der Waals surface area contributed by atoms with Crippen LogP contribution in [0.1, 0.15) is 35.8 Å². The monoisotopic (exact) mass is 354 g/mol. The number of nitrogens with one attached hydrogen (secondary N) is 3. The van der Waals surface area contributed by atoms with Crippen molar-refractivity contribution in [2.45, 2.75) is 32.1 Å². The molecule has 2 heterocycles. The zero-order valence-corrected chi connectivity index (χ0v) is 14.9. The summed E-state index contributed by atoms with van der Waals surface area (Å²) in [7, 11) is 0. The Morgan fingerprint density at radius 3 is 2.58 bits per heavy atom. The number of nitrogens with zero attached hydrogens (tertiary/aromatic N) is 1. The highest BCUT2D eigenvalue weighted by Crippen LogP contribution is 2.36. The maximum absolute atomic E-state index is 13.3. The highest BCUT2D eigenvalue weighted by Gasteiger charge is 2.43. The van der Waals surface area contributed by atoms with Gasteiger partial charge in [-0.2, -0.15) is 0 Å². The van der Waals surface area contributed by atoms with E-state index in [1.54, 1.807) is 12.1 Å². The van der Waals surface area contributed by atoms with E-state index in [2.05, 4.69) is 16.2 Å². The van der Waals surface area contributed by atoms with Crippen LogP contribution in [0.2, 0.25) is 0 Å². The van der Waals surface area contributed by atoms with E-state index in [1.807, 2.05) is 43.0 Å². The molecule has 6 heteroatoms. The molecule has 1 amide bonds. The molecule has 4 rings (SSSR count). The van der Waals surface area contributed by atoms with Crippen LogP contribution < -0.4 is 16.2 Å². The molecule has 0 aliphatic carbocycles. The lowest BCUT2D eigenvalue weighted by molar-refractivity contribution is 0.0539. The molecule has 0 bridgehead atoms. The number of hydrogen-bond acceptors (Lipinski definition) is 4. The van der Waals surface area contributed by atoms with Crippen molar-refractivity contribution in [1.82, 2.24) is 15.8 Å². The minimum absolute atomic E-state index is 0.0209. The van der Waals surface area contributed by atoms with E-state index in [4.69, 9.17) is 0 Å². The minimum Gasteiger partial charge on any atom is -0.364 e. The van der Waals surface area contributed by atoms with Crippen LogP contribution in [0.3, 0.4) is 0 Å². The zero-order valence-electron chi connectivity index (χ0n) is 14.9. The molecule has 2 aromatic rings. The number of hydrazine groups is 1. The molecule has 3 atom stereocenters. The molecule has 2 aliphatic rings. The van der Waals surface area contributed by atoms with Gasteiger partial charge in [0.1, 0.15) is 12.0 Å². The van der Waals surface area contributed by atoms with E-state index in [9.17, 15) is 9.18 Å². The van der Waals surface area contributed by atoms with Gasteiger partial charge in [-0.05, 0) is 43.7 Å². The Bertz CT molecular complexity index is 808. The van der Waals surface area contributed by atoms with Crippen molar-refractivity contribution in [3.8, 4) is 0 Å². The van der Waals surface area contributed by atoms with Crippen LogP contribution in [0.15, 0.2) is 48.5 Å². The van der Waals surface area contributed by atoms with Crippen molar-refractivity contribution in [2.24, 2.45) is 5.92 Å². The summed E-state index contributed by atoms with van der Waals surface area (Å²) in [6.07, 6.45) is -0.157. The lowest BCUT2D eigenvalue weighted by Gasteiger charge is -2.44. The first-order valence-corrected chi connectivity index (χ1v) is 8.98. The Hall–Kier alpha value is -2.44. The summed E-state index contributed by atoms with van der Waals surface area (Å²) in [4.78, 5) is 15.0. The van der Waals surface area contributed by atoms with Gasteiger partial charge >= 0.3 is 0 Å². The van der Waals surface area contributed by atoms with Gasteiger partial charge in [-0.25, -0.2) is 9.82 Å². The first kappa shape index (κ1) is 17.0. The van der Waals surface area contributed by atoms with Crippen molar-refractivity contribution in [3.05, 3.63) is 65.5 Å². The van der Waals surface area contributed by atoms with Crippen molar-refractivity contribution in [1.29, 1.82) is 0 Å². The number of fused-ring (bicyclic) bond motifs is 1. The molecule has 2 aliphatic heterocycles. The highest BCUT2D eigenvalue weighted by atomic mass is 19.1. The molecule has 5 nitrogen and oxygen atoms in total. The first-order valence-electron chi connectivity index (χ1n) is 8.98. The van der Waals surface area contributed by atoms with Gasteiger partial charge in [0.25, 0.3) is 5.91 Å². The van der Waals surface area contributed by atoms with Crippen molar-refractivity contribution < 1.29 is 9.18 Å². The average Bonchev–Trinajstić information content (AvgIpc) is 3.11. The van der Waals surface area contributed by atoms with Crippen molar-refractivity contribution >= 4 is 11.6 Å². The predicted molar refractivity (Wildman–Crippen MR) is 98.9 cm³/mol. The van der Waals surface area contributed by atoms with E-state index < -0.39 is 0 Å². The van der Waals surface area contributed by atoms with Gasteiger partial charge in [-0.3, -0.25) is 10.2 Å². The average molecular weight is 354 g/mol. The number of carbonyl (C=O) groups excluding carboxylic acids is 1. The number of amides is 1. The normalized spacial score (nSPS) is 25.3. The lowest BCUT2D eigenvalue weighted by atomic mass is 9.89. The zero-order chi connectivity index (χ0) is 18.3. The summed E-state index contributed by atoms with van der Waals surface area (Å²) < 4.78 is 13.3. The Morgan fingerprint density at radius 2 is 1.85 bits per heavy atom. The molecule has 0 spiro atoms.